The first kappa shape index (κ1) is 10.6. The first-order chi connectivity index (χ1) is 7.67. The largest absolute Gasteiger partial charge is 0.383 e. The van der Waals surface area contributed by atoms with Crippen LogP contribution in [0.1, 0.15) is 31.4 Å². The maximum atomic E-state index is 10.7. The third-order valence-corrected chi connectivity index (χ3v) is 4.19. The van der Waals surface area contributed by atoms with E-state index in [1.54, 1.807) is 6.20 Å². The molecule has 0 saturated carbocycles. The molecule has 16 heavy (non-hydrogen) atoms. The topological polar surface area (TPSA) is 58.0 Å². The van der Waals surface area contributed by atoms with Gasteiger partial charge in [-0.25, -0.2) is 9.97 Å². The predicted octanol–water partition coefficient (Wildman–Crippen LogP) is 1.34. The van der Waals surface area contributed by atoms with Crippen LogP contribution in [0.15, 0.2) is 17.0 Å². The van der Waals surface area contributed by atoms with Gasteiger partial charge in [0.2, 0.25) is 0 Å². The van der Waals surface area contributed by atoms with Gasteiger partial charge in [0.1, 0.15) is 11.9 Å². The maximum absolute atomic E-state index is 10.7. The fraction of sp³-hybridized carbons (Fsp3) is 0.636. The van der Waals surface area contributed by atoms with Crippen LogP contribution in [0.25, 0.3) is 0 Å². The second-order valence-electron chi connectivity index (χ2n) is 4.80. The van der Waals surface area contributed by atoms with Gasteiger partial charge < -0.3 is 10.4 Å². The van der Waals surface area contributed by atoms with Crippen LogP contribution < -0.4 is 5.32 Å². The first-order valence-corrected chi connectivity index (χ1v) is 6.41. The van der Waals surface area contributed by atoms with Gasteiger partial charge in [-0.05, 0) is 41.6 Å². The van der Waals surface area contributed by atoms with E-state index >= 15 is 0 Å². The Morgan fingerprint density at radius 2 is 2.06 bits per heavy atom. The van der Waals surface area contributed by atoms with E-state index in [9.17, 15) is 5.11 Å². The van der Waals surface area contributed by atoms with E-state index in [1.165, 1.54) is 6.33 Å². The van der Waals surface area contributed by atoms with Crippen LogP contribution in [0.4, 0.5) is 0 Å². The molecule has 1 aromatic heterocycles. The number of rotatable bonds is 1. The molecule has 2 aliphatic rings. The Morgan fingerprint density at radius 3 is 2.69 bits per heavy atom. The van der Waals surface area contributed by atoms with Crippen LogP contribution in [0.2, 0.25) is 0 Å². The number of aliphatic hydroxyl groups is 1. The summed E-state index contributed by atoms with van der Waals surface area (Å²) in [6.45, 7) is 0. The van der Waals surface area contributed by atoms with Crippen LogP contribution in [0.5, 0.6) is 0 Å². The molecule has 0 aromatic carbocycles. The molecule has 2 bridgehead atoms. The van der Waals surface area contributed by atoms with Crippen molar-refractivity contribution < 1.29 is 5.11 Å². The third kappa shape index (κ3) is 1.67. The molecule has 2 N–H and O–H groups in total. The summed E-state index contributed by atoms with van der Waals surface area (Å²) in [4.78, 5) is 8.17. The maximum Gasteiger partial charge on any atom is 0.115 e. The summed E-state index contributed by atoms with van der Waals surface area (Å²) in [5, 5.41) is 14.3. The average Bonchev–Trinajstić information content (AvgIpc) is 2.59. The van der Waals surface area contributed by atoms with Gasteiger partial charge in [0.25, 0.3) is 0 Å². The van der Waals surface area contributed by atoms with Crippen molar-refractivity contribution in [2.24, 2.45) is 0 Å². The number of fused-ring (bicyclic) bond motifs is 2. The van der Waals surface area contributed by atoms with Crippen molar-refractivity contribution in [2.45, 2.75) is 43.4 Å². The average molecular weight is 284 g/mol. The number of halogens is 1. The molecule has 0 spiro atoms. The summed E-state index contributed by atoms with van der Waals surface area (Å²) < 4.78 is 0.804. The van der Waals surface area contributed by atoms with Gasteiger partial charge in [-0.3, -0.25) is 0 Å². The number of hydrogen-bond acceptors (Lipinski definition) is 4. The first-order valence-electron chi connectivity index (χ1n) is 5.62. The minimum absolute atomic E-state index is 0.436. The monoisotopic (exact) mass is 283 g/mol. The molecule has 2 fully saturated rings. The van der Waals surface area contributed by atoms with Gasteiger partial charge in [-0.1, -0.05) is 0 Å². The van der Waals surface area contributed by atoms with Crippen molar-refractivity contribution in [2.75, 3.05) is 0 Å². The molecule has 86 valence electrons. The fourth-order valence-corrected chi connectivity index (χ4v) is 3.56. The van der Waals surface area contributed by atoms with E-state index in [2.05, 4.69) is 31.2 Å². The van der Waals surface area contributed by atoms with Crippen LogP contribution in [0, 0.1) is 0 Å². The lowest BCUT2D eigenvalue weighted by molar-refractivity contribution is -0.0160. The highest BCUT2D eigenvalue weighted by atomic mass is 79.9. The molecule has 5 heteroatoms. The second-order valence-corrected chi connectivity index (χ2v) is 5.65. The Hall–Kier alpha value is -0.520. The summed E-state index contributed by atoms with van der Waals surface area (Å²) in [7, 11) is 0. The molecular weight excluding hydrogens is 270 g/mol. The highest BCUT2D eigenvalue weighted by molar-refractivity contribution is 9.10. The zero-order chi connectivity index (χ0) is 11.2. The number of aromatic nitrogens is 2. The SMILES string of the molecule is OC1(c2ncncc2Br)CC2CCC(C1)N2. The molecule has 2 aliphatic heterocycles. The van der Waals surface area contributed by atoms with Gasteiger partial charge >= 0.3 is 0 Å². The van der Waals surface area contributed by atoms with E-state index in [0.717, 1.165) is 35.8 Å². The van der Waals surface area contributed by atoms with Gasteiger partial charge in [-0.15, -0.1) is 0 Å². The summed E-state index contributed by atoms with van der Waals surface area (Å²) in [5.41, 5.74) is -0.0559. The Labute approximate surface area is 103 Å². The third-order valence-electron chi connectivity index (χ3n) is 3.61. The lowest BCUT2D eigenvalue weighted by Gasteiger charge is -2.36. The van der Waals surface area contributed by atoms with Crippen molar-refractivity contribution >= 4 is 15.9 Å². The summed E-state index contributed by atoms with van der Waals surface area (Å²) >= 11 is 3.42. The molecule has 3 rings (SSSR count). The van der Waals surface area contributed by atoms with E-state index < -0.39 is 5.60 Å². The van der Waals surface area contributed by atoms with E-state index in [4.69, 9.17) is 0 Å². The highest BCUT2D eigenvalue weighted by Crippen LogP contribution is 2.41. The van der Waals surface area contributed by atoms with Gasteiger partial charge in [0.05, 0.1) is 10.2 Å². The Morgan fingerprint density at radius 1 is 1.38 bits per heavy atom. The minimum atomic E-state index is -0.793. The number of nitrogens with zero attached hydrogens (tertiary/aromatic N) is 2. The van der Waals surface area contributed by atoms with E-state index in [1.807, 2.05) is 0 Å². The van der Waals surface area contributed by atoms with Crippen molar-refractivity contribution in [3.63, 3.8) is 0 Å². The molecule has 0 amide bonds. The summed E-state index contributed by atoms with van der Waals surface area (Å²) in [6.07, 6.45) is 7.02. The molecule has 1 aromatic rings. The van der Waals surface area contributed by atoms with Crippen molar-refractivity contribution in [1.82, 2.24) is 15.3 Å². The van der Waals surface area contributed by atoms with Crippen molar-refractivity contribution in [3.8, 4) is 0 Å². The second kappa shape index (κ2) is 3.75. The number of nitrogens with one attached hydrogen (secondary N) is 1. The Kier molecular flexibility index (Phi) is 2.49. The molecule has 4 nitrogen and oxygen atoms in total. The standard InChI is InChI=1S/C11H14BrN3O/c12-9-5-13-6-14-10(9)11(16)3-7-1-2-8(4-11)15-7/h5-8,15-16H,1-4H2. The lowest BCUT2D eigenvalue weighted by atomic mass is 9.84. The van der Waals surface area contributed by atoms with Crippen LogP contribution in [0.3, 0.4) is 0 Å². The van der Waals surface area contributed by atoms with Gasteiger partial charge in [-0.2, -0.15) is 0 Å². The van der Waals surface area contributed by atoms with E-state index in [0.29, 0.717) is 12.1 Å². The van der Waals surface area contributed by atoms with Crippen LogP contribution >= 0.6 is 15.9 Å². The summed E-state index contributed by atoms with van der Waals surface area (Å²) in [6, 6.07) is 0.872. The van der Waals surface area contributed by atoms with Crippen molar-refractivity contribution in [3.05, 3.63) is 22.7 Å². The smallest absolute Gasteiger partial charge is 0.115 e. The van der Waals surface area contributed by atoms with Crippen molar-refractivity contribution in [1.29, 1.82) is 0 Å². The molecular formula is C11H14BrN3O. The zero-order valence-corrected chi connectivity index (χ0v) is 10.4. The van der Waals surface area contributed by atoms with E-state index in [-0.39, 0.29) is 0 Å². The predicted molar refractivity (Wildman–Crippen MR) is 62.8 cm³/mol. The molecule has 2 saturated heterocycles. The van der Waals surface area contributed by atoms with Crippen LogP contribution in [-0.4, -0.2) is 27.2 Å². The molecule has 0 aliphatic carbocycles. The summed E-state index contributed by atoms with van der Waals surface area (Å²) in [5.74, 6) is 0. The zero-order valence-electron chi connectivity index (χ0n) is 8.86. The lowest BCUT2D eigenvalue weighted by Crippen LogP contribution is -2.47. The quantitative estimate of drug-likeness (QED) is 0.817. The molecule has 2 atom stereocenters. The number of hydrogen-bond donors (Lipinski definition) is 2. The van der Waals surface area contributed by atoms with Crippen LogP contribution in [-0.2, 0) is 5.60 Å². The Bertz CT molecular complexity index is 400. The molecule has 3 heterocycles. The molecule has 0 radical (unpaired) electrons. The number of piperidine rings is 1. The van der Waals surface area contributed by atoms with Gasteiger partial charge in [0.15, 0.2) is 0 Å². The minimum Gasteiger partial charge on any atom is -0.383 e. The normalized spacial score (nSPS) is 37.6. The fourth-order valence-electron chi connectivity index (χ4n) is 2.97. The molecule has 2 unspecified atom stereocenters. The highest BCUT2D eigenvalue weighted by Gasteiger charge is 2.45. The van der Waals surface area contributed by atoms with Gasteiger partial charge in [0, 0.05) is 18.3 Å². The Balaban J connectivity index is 1.96.